The van der Waals surface area contributed by atoms with E-state index in [1.54, 1.807) is 33.0 Å². The van der Waals surface area contributed by atoms with Crippen LogP contribution in [-0.4, -0.2) is 59.7 Å². The van der Waals surface area contributed by atoms with Crippen molar-refractivity contribution < 1.29 is 28.2 Å². The van der Waals surface area contributed by atoms with Gasteiger partial charge in [-0.25, -0.2) is 9.18 Å². The van der Waals surface area contributed by atoms with Gasteiger partial charge in [-0.05, 0) is 51.0 Å². The van der Waals surface area contributed by atoms with E-state index in [2.05, 4.69) is 10.3 Å². The van der Waals surface area contributed by atoms with Crippen molar-refractivity contribution in [2.45, 2.75) is 45.3 Å². The number of rotatable bonds is 4. The summed E-state index contributed by atoms with van der Waals surface area (Å²) in [6.07, 6.45) is 1.64. The van der Waals surface area contributed by atoms with Gasteiger partial charge in [0.2, 0.25) is 5.91 Å². The quantitative estimate of drug-likeness (QED) is 0.722. The molecule has 1 aliphatic heterocycles. The van der Waals surface area contributed by atoms with Crippen LogP contribution in [0.3, 0.4) is 0 Å². The monoisotopic (exact) mass is 433 g/mol. The molecule has 1 aliphatic rings. The molecule has 0 bridgehead atoms. The lowest BCUT2D eigenvalue weighted by atomic mass is 9.92. The summed E-state index contributed by atoms with van der Waals surface area (Å²) in [5.41, 5.74) is 0.694. The largest absolute Gasteiger partial charge is 0.469 e. The van der Waals surface area contributed by atoms with Gasteiger partial charge < -0.3 is 24.7 Å². The molecular weight excluding hydrogens is 405 g/mol. The zero-order valence-electron chi connectivity index (χ0n) is 18.2. The average molecular weight is 433 g/mol. The highest BCUT2D eigenvalue weighted by atomic mass is 19.1. The second kappa shape index (κ2) is 8.95. The number of amides is 2. The molecule has 0 aliphatic carbocycles. The summed E-state index contributed by atoms with van der Waals surface area (Å²) in [6.45, 7) is 5.76. The standard InChI is InChI=1S/C22H28FN3O5/c1-22(2,3)31-21(29)26-8-7-17(16(12-26)20(28)30-4)25-19(27)9-13-11-24-18-10-14(23)5-6-15(13)18/h5-6,10-11,16-17,24H,7-9,12H2,1-4H3,(H,25,27). The maximum atomic E-state index is 13.4. The Morgan fingerprint density at radius 2 is 2.03 bits per heavy atom. The van der Waals surface area contributed by atoms with Gasteiger partial charge in [0, 0.05) is 36.2 Å². The number of ether oxygens (including phenoxy) is 2. The maximum Gasteiger partial charge on any atom is 0.410 e. The fraction of sp³-hybridized carbons (Fsp3) is 0.500. The number of esters is 1. The van der Waals surface area contributed by atoms with Crippen LogP contribution >= 0.6 is 0 Å². The summed E-state index contributed by atoms with van der Waals surface area (Å²) in [7, 11) is 1.28. The Hall–Kier alpha value is -3.10. The number of carbonyl (C=O) groups excluding carboxylic acids is 3. The lowest BCUT2D eigenvalue weighted by molar-refractivity contribution is -0.148. The van der Waals surface area contributed by atoms with Crippen molar-refractivity contribution in [1.29, 1.82) is 0 Å². The molecule has 1 aromatic heterocycles. The van der Waals surface area contributed by atoms with E-state index in [1.165, 1.54) is 24.1 Å². The number of hydrogen-bond acceptors (Lipinski definition) is 5. The average Bonchev–Trinajstić information content (AvgIpc) is 3.07. The lowest BCUT2D eigenvalue weighted by Gasteiger charge is -2.37. The molecule has 168 valence electrons. The van der Waals surface area contributed by atoms with Crippen molar-refractivity contribution in [3.05, 3.63) is 35.8 Å². The molecule has 2 N–H and O–H groups in total. The number of methoxy groups -OCH3 is 1. The third kappa shape index (κ3) is 5.53. The molecule has 8 nitrogen and oxygen atoms in total. The number of nitrogens with one attached hydrogen (secondary N) is 2. The van der Waals surface area contributed by atoms with Crippen molar-refractivity contribution in [3.8, 4) is 0 Å². The molecule has 2 unspecified atom stereocenters. The van der Waals surface area contributed by atoms with Gasteiger partial charge in [0.15, 0.2) is 0 Å². The number of likely N-dealkylation sites (tertiary alicyclic amines) is 1. The minimum absolute atomic E-state index is 0.0752. The summed E-state index contributed by atoms with van der Waals surface area (Å²) in [5.74, 6) is -1.83. The van der Waals surface area contributed by atoms with Crippen LogP contribution in [-0.2, 0) is 25.5 Å². The number of hydrogen-bond donors (Lipinski definition) is 2. The number of nitrogens with zero attached hydrogens (tertiary/aromatic N) is 1. The van der Waals surface area contributed by atoms with E-state index in [0.29, 0.717) is 18.5 Å². The smallest absolute Gasteiger partial charge is 0.410 e. The summed E-state index contributed by atoms with van der Waals surface area (Å²) in [6, 6.07) is 3.87. The van der Waals surface area contributed by atoms with Crippen LogP contribution in [0.5, 0.6) is 0 Å². The topological polar surface area (TPSA) is 101 Å². The van der Waals surface area contributed by atoms with E-state index < -0.39 is 29.6 Å². The molecule has 2 heterocycles. The van der Waals surface area contributed by atoms with Crippen LogP contribution in [0.1, 0.15) is 32.8 Å². The molecule has 1 saturated heterocycles. The second-order valence-corrected chi connectivity index (χ2v) is 8.70. The van der Waals surface area contributed by atoms with E-state index in [-0.39, 0.29) is 24.7 Å². The molecule has 2 amide bonds. The van der Waals surface area contributed by atoms with Crippen LogP contribution in [0, 0.1) is 11.7 Å². The predicted molar refractivity (Wildman–Crippen MR) is 112 cm³/mol. The molecule has 0 saturated carbocycles. The van der Waals surface area contributed by atoms with Gasteiger partial charge in [-0.15, -0.1) is 0 Å². The Morgan fingerprint density at radius 3 is 2.71 bits per heavy atom. The van der Waals surface area contributed by atoms with E-state index in [4.69, 9.17) is 9.47 Å². The van der Waals surface area contributed by atoms with Crippen LogP contribution in [0.2, 0.25) is 0 Å². The van der Waals surface area contributed by atoms with Crippen LogP contribution < -0.4 is 5.32 Å². The molecule has 2 aromatic rings. The number of H-pyrrole nitrogens is 1. The summed E-state index contributed by atoms with van der Waals surface area (Å²) < 4.78 is 23.7. The number of fused-ring (bicyclic) bond motifs is 1. The Kier molecular flexibility index (Phi) is 6.52. The van der Waals surface area contributed by atoms with Gasteiger partial charge in [-0.3, -0.25) is 9.59 Å². The number of piperidine rings is 1. The number of benzene rings is 1. The fourth-order valence-corrected chi connectivity index (χ4v) is 3.74. The first-order chi connectivity index (χ1) is 14.6. The summed E-state index contributed by atoms with van der Waals surface area (Å²) in [4.78, 5) is 41.8. The number of aromatic amines is 1. The van der Waals surface area contributed by atoms with E-state index in [9.17, 15) is 18.8 Å². The first-order valence-corrected chi connectivity index (χ1v) is 10.2. The van der Waals surface area contributed by atoms with Gasteiger partial charge in [-0.1, -0.05) is 0 Å². The highest BCUT2D eigenvalue weighted by Crippen LogP contribution is 2.23. The van der Waals surface area contributed by atoms with E-state index in [0.717, 1.165) is 10.9 Å². The molecule has 3 rings (SSSR count). The van der Waals surface area contributed by atoms with Gasteiger partial charge >= 0.3 is 12.1 Å². The molecule has 1 fully saturated rings. The van der Waals surface area contributed by atoms with Crippen molar-refractivity contribution in [2.24, 2.45) is 5.92 Å². The zero-order valence-corrected chi connectivity index (χ0v) is 18.2. The molecule has 0 radical (unpaired) electrons. The highest BCUT2D eigenvalue weighted by Gasteiger charge is 2.39. The molecular formula is C22H28FN3O5. The van der Waals surface area contributed by atoms with Crippen molar-refractivity contribution in [1.82, 2.24) is 15.2 Å². The second-order valence-electron chi connectivity index (χ2n) is 8.70. The van der Waals surface area contributed by atoms with Gasteiger partial charge in [0.1, 0.15) is 11.4 Å². The SMILES string of the molecule is COC(=O)C1CN(C(=O)OC(C)(C)C)CCC1NC(=O)Cc1c[nH]c2cc(F)ccc12. The molecule has 0 spiro atoms. The number of carbonyl (C=O) groups is 3. The summed E-state index contributed by atoms with van der Waals surface area (Å²) >= 11 is 0. The normalized spacial score (nSPS) is 19.2. The third-order valence-electron chi connectivity index (χ3n) is 5.20. The zero-order chi connectivity index (χ0) is 22.8. The summed E-state index contributed by atoms with van der Waals surface area (Å²) in [5, 5.41) is 3.66. The first-order valence-electron chi connectivity index (χ1n) is 10.2. The Balaban J connectivity index is 1.67. The predicted octanol–water partition coefficient (Wildman–Crippen LogP) is 2.76. The van der Waals surface area contributed by atoms with Crippen molar-refractivity contribution >= 4 is 28.9 Å². The van der Waals surface area contributed by atoms with Gasteiger partial charge in [0.25, 0.3) is 0 Å². The van der Waals surface area contributed by atoms with Crippen molar-refractivity contribution in [2.75, 3.05) is 20.2 Å². The Labute approximate surface area is 180 Å². The molecule has 1 aromatic carbocycles. The van der Waals surface area contributed by atoms with Crippen LogP contribution in [0.15, 0.2) is 24.4 Å². The van der Waals surface area contributed by atoms with Crippen LogP contribution in [0.25, 0.3) is 10.9 Å². The van der Waals surface area contributed by atoms with Gasteiger partial charge in [-0.2, -0.15) is 0 Å². The molecule has 2 atom stereocenters. The molecule has 9 heteroatoms. The third-order valence-corrected chi connectivity index (χ3v) is 5.20. The minimum atomic E-state index is -0.702. The number of halogens is 1. The highest BCUT2D eigenvalue weighted by molar-refractivity contribution is 5.89. The maximum absolute atomic E-state index is 13.4. The van der Waals surface area contributed by atoms with Crippen molar-refractivity contribution in [3.63, 3.8) is 0 Å². The lowest BCUT2D eigenvalue weighted by Crippen LogP contribution is -2.55. The molecule has 31 heavy (non-hydrogen) atoms. The minimum Gasteiger partial charge on any atom is -0.469 e. The Bertz CT molecular complexity index is 981. The fourth-order valence-electron chi connectivity index (χ4n) is 3.74. The van der Waals surface area contributed by atoms with Crippen LogP contribution in [0.4, 0.5) is 9.18 Å². The Morgan fingerprint density at radius 1 is 1.29 bits per heavy atom. The number of aromatic nitrogens is 1. The first kappa shape index (κ1) is 22.6. The van der Waals surface area contributed by atoms with E-state index >= 15 is 0 Å². The van der Waals surface area contributed by atoms with E-state index in [1.807, 2.05) is 0 Å². The van der Waals surface area contributed by atoms with Gasteiger partial charge in [0.05, 0.1) is 19.4 Å².